The fraction of sp³-hybridized carbons (Fsp3) is 0.478. The van der Waals surface area contributed by atoms with Gasteiger partial charge in [0, 0.05) is 29.2 Å². The van der Waals surface area contributed by atoms with Gasteiger partial charge < -0.3 is 20.9 Å². The second kappa shape index (κ2) is 7.38. The average molecular weight is 427 g/mol. The first kappa shape index (κ1) is 20.8. The molecule has 4 N–H and O–H groups in total. The van der Waals surface area contributed by atoms with Gasteiger partial charge in [0.15, 0.2) is 0 Å². The molecule has 3 amide bonds. The number of carbonyl (C=O) groups excluding carboxylic acids is 2. The quantitative estimate of drug-likeness (QED) is 0.712. The number of hydrogen-bond donors (Lipinski definition) is 2. The summed E-state index contributed by atoms with van der Waals surface area (Å²) in [6.07, 6.45) is 4.26. The molecule has 0 bridgehead atoms. The molecule has 2 heterocycles. The molecule has 1 aromatic heterocycles. The van der Waals surface area contributed by atoms with E-state index < -0.39 is 11.9 Å². The predicted octanol–water partition coefficient (Wildman–Crippen LogP) is 4.33. The number of aromatic nitrogens is 1. The molecule has 1 aromatic carbocycles. The van der Waals surface area contributed by atoms with E-state index in [0.29, 0.717) is 24.6 Å². The number of rotatable bonds is 4. The zero-order chi connectivity index (χ0) is 21.8. The lowest BCUT2D eigenvalue weighted by Crippen LogP contribution is -2.49. The summed E-state index contributed by atoms with van der Waals surface area (Å²) in [6, 6.07) is 7.52. The van der Waals surface area contributed by atoms with Crippen LogP contribution in [0.1, 0.15) is 67.3 Å². The van der Waals surface area contributed by atoms with Crippen molar-refractivity contribution in [2.24, 2.45) is 16.9 Å². The second-order valence-corrected chi connectivity index (χ2v) is 10.2. The maximum absolute atomic E-state index is 12.9. The van der Waals surface area contributed by atoms with Gasteiger partial charge in [-0.15, -0.1) is 11.8 Å². The van der Waals surface area contributed by atoms with E-state index in [0.717, 1.165) is 29.7 Å². The van der Waals surface area contributed by atoms with Crippen LogP contribution < -0.4 is 11.5 Å². The Kier molecular flexibility index (Phi) is 5.12. The largest absolute Gasteiger partial charge is 0.366 e. The van der Waals surface area contributed by atoms with Crippen molar-refractivity contribution in [1.29, 1.82) is 0 Å². The van der Waals surface area contributed by atoms with Gasteiger partial charge in [-0.25, -0.2) is 4.79 Å². The van der Waals surface area contributed by atoms with Crippen LogP contribution in [0.3, 0.4) is 0 Å². The van der Waals surface area contributed by atoms with Gasteiger partial charge in [0.2, 0.25) is 0 Å². The number of primary amides is 2. The van der Waals surface area contributed by atoms with E-state index in [1.54, 1.807) is 16.7 Å². The third kappa shape index (κ3) is 3.39. The summed E-state index contributed by atoms with van der Waals surface area (Å²) >= 11 is 1.69. The maximum atomic E-state index is 12.9. The molecule has 1 atom stereocenters. The highest BCUT2D eigenvalue weighted by Crippen LogP contribution is 2.52. The highest BCUT2D eigenvalue weighted by atomic mass is 32.2. The van der Waals surface area contributed by atoms with Crippen LogP contribution in [0.15, 0.2) is 29.2 Å². The molecule has 1 aliphatic heterocycles. The minimum absolute atomic E-state index is 0.309. The molecule has 1 unspecified atom stereocenters. The molecular formula is C23H30N4O2S. The van der Waals surface area contributed by atoms with Crippen molar-refractivity contribution >= 4 is 23.7 Å². The van der Waals surface area contributed by atoms with Crippen molar-refractivity contribution in [3.63, 3.8) is 0 Å². The molecular weight excluding hydrogens is 396 g/mol. The van der Waals surface area contributed by atoms with Crippen molar-refractivity contribution in [2.75, 3.05) is 12.8 Å². The molecule has 4 rings (SSSR count). The van der Waals surface area contributed by atoms with Crippen LogP contribution in [0.25, 0.3) is 11.1 Å². The minimum atomic E-state index is -0.461. The van der Waals surface area contributed by atoms with Gasteiger partial charge in [0.05, 0.1) is 17.3 Å². The third-order valence-corrected chi connectivity index (χ3v) is 6.92. The molecule has 1 aliphatic carbocycles. The Morgan fingerprint density at radius 1 is 1.03 bits per heavy atom. The summed E-state index contributed by atoms with van der Waals surface area (Å²) in [4.78, 5) is 28.0. The lowest BCUT2D eigenvalue weighted by atomic mass is 9.81. The predicted molar refractivity (Wildman–Crippen MR) is 121 cm³/mol. The lowest BCUT2D eigenvalue weighted by Gasteiger charge is -2.44. The zero-order valence-corrected chi connectivity index (χ0v) is 18.9. The Morgan fingerprint density at radius 3 is 2.13 bits per heavy atom. The molecule has 1 saturated carbocycles. The molecule has 7 heteroatoms. The summed E-state index contributed by atoms with van der Waals surface area (Å²) < 4.78 is 2.27. The molecule has 0 spiro atoms. The number of hydrogen-bond acceptors (Lipinski definition) is 3. The van der Waals surface area contributed by atoms with E-state index in [-0.39, 0.29) is 11.5 Å². The van der Waals surface area contributed by atoms with Crippen LogP contribution in [-0.4, -0.2) is 34.2 Å². The minimum Gasteiger partial charge on any atom is -0.366 e. The van der Waals surface area contributed by atoms with Gasteiger partial charge in [-0.1, -0.05) is 32.9 Å². The standard InChI is InChI=1S/C23H30N4O2S/c1-23(2,3)20-19-17(21(24)28)16(13-7-9-15(30-4)10-8-13)18(14-5-6-14)26(19)11-12-27(20)22(25)29/h7-10,14,20H,5-6,11-12H2,1-4H3,(H2,24,28)(H2,25,29). The molecule has 6 nitrogen and oxygen atoms in total. The fourth-order valence-electron chi connectivity index (χ4n) is 4.86. The number of carbonyl (C=O) groups is 2. The van der Waals surface area contributed by atoms with Crippen LogP contribution in [0.2, 0.25) is 0 Å². The van der Waals surface area contributed by atoms with E-state index in [1.807, 2.05) is 6.26 Å². The smallest absolute Gasteiger partial charge is 0.315 e. The first-order valence-electron chi connectivity index (χ1n) is 10.4. The number of nitrogens with zero attached hydrogens (tertiary/aromatic N) is 2. The van der Waals surface area contributed by atoms with E-state index in [1.165, 1.54) is 10.6 Å². The summed E-state index contributed by atoms with van der Waals surface area (Å²) in [7, 11) is 0. The SMILES string of the molecule is CSc1ccc(-c2c(C(N)=O)c3n(c2C2CC2)CCN(C(N)=O)C3C(C)(C)C)cc1. The molecule has 0 saturated heterocycles. The molecule has 0 radical (unpaired) electrons. The lowest BCUT2D eigenvalue weighted by molar-refractivity contribution is 0.0915. The van der Waals surface area contributed by atoms with Gasteiger partial charge in [-0.3, -0.25) is 4.79 Å². The van der Waals surface area contributed by atoms with Crippen molar-refractivity contribution in [3.05, 3.63) is 41.2 Å². The highest BCUT2D eigenvalue weighted by molar-refractivity contribution is 7.98. The van der Waals surface area contributed by atoms with Gasteiger partial charge in [0.1, 0.15) is 0 Å². The topological polar surface area (TPSA) is 94.3 Å². The van der Waals surface area contributed by atoms with E-state index >= 15 is 0 Å². The van der Waals surface area contributed by atoms with Gasteiger partial charge in [-0.05, 0) is 48.1 Å². The Labute approximate surface area is 182 Å². The van der Waals surface area contributed by atoms with Crippen molar-refractivity contribution in [2.45, 2.75) is 57.0 Å². The summed E-state index contributed by atoms with van der Waals surface area (Å²) in [5.41, 5.74) is 16.0. The van der Waals surface area contributed by atoms with E-state index in [9.17, 15) is 9.59 Å². The maximum Gasteiger partial charge on any atom is 0.315 e. The van der Waals surface area contributed by atoms with Gasteiger partial charge in [0.25, 0.3) is 5.91 Å². The summed E-state index contributed by atoms with van der Waals surface area (Å²) in [6.45, 7) is 7.38. The number of amides is 3. The van der Waals surface area contributed by atoms with Crippen molar-refractivity contribution in [3.8, 4) is 11.1 Å². The number of thioether (sulfide) groups is 1. The van der Waals surface area contributed by atoms with Crippen LogP contribution in [0.4, 0.5) is 4.79 Å². The van der Waals surface area contributed by atoms with Crippen LogP contribution in [0, 0.1) is 5.41 Å². The normalized spacial score (nSPS) is 18.9. The van der Waals surface area contributed by atoms with E-state index in [4.69, 9.17) is 11.5 Å². The zero-order valence-electron chi connectivity index (χ0n) is 18.1. The molecule has 1 fully saturated rings. The first-order valence-corrected chi connectivity index (χ1v) is 11.6. The molecule has 2 aliphatic rings. The van der Waals surface area contributed by atoms with Crippen LogP contribution in [0.5, 0.6) is 0 Å². The number of nitrogens with two attached hydrogens (primary N) is 2. The number of urea groups is 1. The Morgan fingerprint density at radius 2 is 1.67 bits per heavy atom. The Balaban J connectivity index is 2.03. The molecule has 2 aromatic rings. The van der Waals surface area contributed by atoms with Crippen molar-refractivity contribution in [1.82, 2.24) is 9.47 Å². The Hall–Kier alpha value is -2.41. The van der Waals surface area contributed by atoms with Crippen LogP contribution >= 0.6 is 11.8 Å². The first-order chi connectivity index (χ1) is 14.1. The molecule has 160 valence electrons. The second-order valence-electron chi connectivity index (χ2n) is 9.34. The van der Waals surface area contributed by atoms with E-state index in [2.05, 4.69) is 49.6 Å². The van der Waals surface area contributed by atoms with Crippen molar-refractivity contribution < 1.29 is 9.59 Å². The highest BCUT2D eigenvalue weighted by Gasteiger charge is 2.45. The number of fused-ring (bicyclic) bond motifs is 1. The third-order valence-electron chi connectivity index (χ3n) is 6.17. The Bertz CT molecular complexity index is 1000. The summed E-state index contributed by atoms with van der Waals surface area (Å²) in [5.74, 6) is -0.0250. The van der Waals surface area contributed by atoms with Gasteiger partial charge in [-0.2, -0.15) is 0 Å². The fourth-order valence-corrected chi connectivity index (χ4v) is 5.27. The van der Waals surface area contributed by atoms with Crippen LogP contribution in [-0.2, 0) is 6.54 Å². The monoisotopic (exact) mass is 426 g/mol. The van der Waals surface area contributed by atoms with Gasteiger partial charge >= 0.3 is 6.03 Å². The average Bonchev–Trinajstić information content (AvgIpc) is 3.46. The number of benzene rings is 1. The summed E-state index contributed by atoms with van der Waals surface area (Å²) in [5, 5.41) is 0. The molecule has 30 heavy (non-hydrogen) atoms.